The number of aromatic carboxylic acids is 1. The van der Waals surface area contributed by atoms with Crippen molar-refractivity contribution in [3.05, 3.63) is 30.1 Å². The molecular weight excluding hydrogens is 236 g/mol. The van der Waals surface area contributed by atoms with Gasteiger partial charge in [0.1, 0.15) is 0 Å². The van der Waals surface area contributed by atoms with Crippen molar-refractivity contribution < 1.29 is 19.7 Å². The van der Waals surface area contributed by atoms with E-state index in [1.165, 1.54) is 0 Å². The van der Waals surface area contributed by atoms with Crippen molar-refractivity contribution in [1.82, 2.24) is 9.97 Å². The maximum Gasteiger partial charge on any atom is 0.374 e. The van der Waals surface area contributed by atoms with Crippen LogP contribution in [0.15, 0.2) is 24.3 Å². The molecule has 0 fully saturated rings. The average molecular weight is 248 g/mol. The van der Waals surface area contributed by atoms with Gasteiger partial charge in [0.05, 0.1) is 17.5 Å². The second kappa shape index (κ2) is 5.42. The Hall–Kier alpha value is -2.21. The van der Waals surface area contributed by atoms with E-state index in [0.717, 1.165) is 0 Å². The Morgan fingerprint density at radius 3 is 2.78 bits per heavy atom. The second-order valence-corrected chi connectivity index (χ2v) is 3.60. The van der Waals surface area contributed by atoms with Gasteiger partial charge in [0.15, 0.2) is 0 Å². The molecule has 2 rings (SSSR count). The van der Waals surface area contributed by atoms with E-state index in [1.54, 1.807) is 24.3 Å². The van der Waals surface area contributed by atoms with E-state index < -0.39 is 5.97 Å². The standard InChI is InChI=1S/C12H12N2O4/c15-6-3-7-18-11-8-4-1-2-5-9(8)13-10(14-11)12(16)17/h1-2,4-5,15H,3,6-7H2,(H,16,17). The monoisotopic (exact) mass is 248 g/mol. The number of ether oxygens (including phenoxy) is 1. The molecule has 0 unspecified atom stereocenters. The first kappa shape index (κ1) is 12.3. The van der Waals surface area contributed by atoms with E-state index in [9.17, 15) is 4.79 Å². The quantitative estimate of drug-likeness (QED) is 0.769. The highest BCUT2D eigenvalue weighted by atomic mass is 16.5. The first-order chi connectivity index (χ1) is 8.72. The normalized spacial score (nSPS) is 10.5. The van der Waals surface area contributed by atoms with Gasteiger partial charge in [-0.05, 0) is 12.1 Å². The second-order valence-electron chi connectivity index (χ2n) is 3.60. The Bertz CT molecular complexity index is 571. The van der Waals surface area contributed by atoms with Crippen LogP contribution in [0, 0.1) is 0 Å². The van der Waals surface area contributed by atoms with Gasteiger partial charge in [-0.15, -0.1) is 0 Å². The molecular formula is C12H12N2O4. The molecule has 0 saturated carbocycles. The summed E-state index contributed by atoms with van der Waals surface area (Å²) >= 11 is 0. The van der Waals surface area contributed by atoms with Crippen LogP contribution in [0.5, 0.6) is 5.88 Å². The Kier molecular flexibility index (Phi) is 3.69. The van der Waals surface area contributed by atoms with Crippen LogP contribution >= 0.6 is 0 Å². The highest BCUT2D eigenvalue weighted by molar-refractivity contribution is 5.89. The zero-order valence-corrected chi connectivity index (χ0v) is 9.54. The van der Waals surface area contributed by atoms with Crippen molar-refractivity contribution in [2.45, 2.75) is 6.42 Å². The first-order valence-electron chi connectivity index (χ1n) is 5.46. The number of aromatic nitrogens is 2. The van der Waals surface area contributed by atoms with Crippen molar-refractivity contribution >= 4 is 16.9 Å². The molecule has 0 aliphatic heterocycles. The number of aliphatic hydroxyl groups is 1. The lowest BCUT2D eigenvalue weighted by Gasteiger charge is -2.08. The number of carboxylic acids is 1. The Balaban J connectivity index is 2.43. The van der Waals surface area contributed by atoms with E-state index in [-0.39, 0.29) is 24.9 Å². The highest BCUT2D eigenvalue weighted by Gasteiger charge is 2.13. The van der Waals surface area contributed by atoms with Gasteiger partial charge in [0, 0.05) is 13.0 Å². The number of hydrogen-bond donors (Lipinski definition) is 2. The van der Waals surface area contributed by atoms with Crippen LogP contribution < -0.4 is 4.74 Å². The van der Waals surface area contributed by atoms with Gasteiger partial charge in [-0.1, -0.05) is 12.1 Å². The van der Waals surface area contributed by atoms with Crippen LogP contribution in [0.4, 0.5) is 0 Å². The molecule has 1 aromatic carbocycles. The van der Waals surface area contributed by atoms with Crippen molar-refractivity contribution in [3.8, 4) is 5.88 Å². The zero-order valence-electron chi connectivity index (χ0n) is 9.54. The number of benzene rings is 1. The molecule has 18 heavy (non-hydrogen) atoms. The fraction of sp³-hybridized carbons (Fsp3) is 0.250. The minimum absolute atomic E-state index is 0.00873. The molecule has 0 aliphatic rings. The zero-order chi connectivity index (χ0) is 13.0. The van der Waals surface area contributed by atoms with Crippen LogP contribution in [0.25, 0.3) is 10.9 Å². The lowest BCUT2D eigenvalue weighted by atomic mass is 10.2. The number of aliphatic hydroxyl groups excluding tert-OH is 1. The van der Waals surface area contributed by atoms with Gasteiger partial charge < -0.3 is 14.9 Å². The largest absolute Gasteiger partial charge is 0.477 e. The van der Waals surface area contributed by atoms with Gasteiger partial charge in [-0.3, -0.25) is 0 Å². The van der Waals surface area contributed by atoms with Gasteiger partial charge in [0.25, 0.3) is 0 Å². The predicted molar refractivity (Wildman–Crippen MR) is 63.7 cm³/mol. The molecule has 2 aromatic rings. The minimum Gasteiger partial charge on any atom is -0.477 e. The summed E-state index contributed by atoms with van der Waals surface area (Å²) in [5.74, 6) is -1.27. The van der Waals surface area contributed by atoms with Crippen molar-refractivity contribution in [3.63, 3.8) is 0 Å². The summed E-state index contributed by atoms with van der Waals surface area (Å²) in [5, 5.41) is 18.3. The number of fused-ring (bicyclic) bond motifs is 1. The van der Waals surface area contributed by atoms with Crippen LogP contribution in [0.3, 0.4) is 0 Å². The summed E-state index contributed by atoms with van der Waals surface area (Å²) in [6, 6.07) is 7.01. The highest BCUT2D eigenvalue weighted by Crippen LogP contribution is 2.22. The third-order valence-corrected chi connectivity index (χ3v) is 2.30. The summed E-state index contributed by atoms with van der Waals surface area (Å²) < 4.78 is 5.38. The maximum absolute atomic E-state index is 10.9. The molecule has 0 aliphatic carbocycles. The van der Waals surface area contributed by atoms with E-state index in [4.69, 9.17) is 14.9 Å². The van der Waals surface area contributed by atoms with Crippen LogP contribution in [-0.2, 0) is 0 Å². The molecule has 0 saturated heterocycles. The van der Waals surface area contributed by atoms with E-state index in [1.807, 2.05) is 0 Å². The predicted octanol–water partition coefficient (Wildman–Crippen LogP) is 1.09. The Morgan fingerprint density at radius 2 is 2.06 bits per heavy atom. The van der Waals surface area contributed by atoms with E-state index in [2.05, 4.69) is 9.97 Å². The number of carbonyl (C=O) groups is 1. The molecule has 0 radical (unpaired) electrons. The van der Waals surface area contributed by atoms with Crippen LogP contribution in [0.2, 0.25) is 0 Å². The third-order valence-electron chi connectivity index (χ3n) is 2.30. The number of nitrogens with zero attached hydrogens (tertiary/aromatic N) is 2. The topological polar surface area (TPSA) is 92.5 Å². The number of hydrogen-bond acceptors (Lipinski definition) is 5. The number of carboxylic acid groups (broad SMARTS) is 1. The molecule has 6 heteroatoms. The minimum atomic E-state index is -1.20. The molecule has 6 nitrogen and oxygen atoms in total. The molecule has 0 atom stereocenters. The van der Waals surface area contributed by atoms with Gasteiger partial charge >= 0.3 is 5.97 Å². The molecule has 1 aromatic heterocycles. The Morgan fingerprint density at radius 1 is 1.28 bits per heavy atom. The summed E-state index contributed by atoms with van der Waals surface area (Å²) in [6.07, 6.45) is 0.459. The fourth-order valence-corrected chi connectivity index (χ4v) is 1.49. The summed E-state index contributed by atoms with van der Waals surface area (Å²) in [4.78, 5) is 18.7. The molecule has 0 amide bonds. The van der Waals surface area contributed by atoms with Crippen LogP contribution in [-0.4, -0.2) is 39.4 Å². The van der Waals surface area contributed by atoms with Crippen molar-refractivity contribution in [2.75, 3.05) is 13.2 Å². The van der Waals surface area contributed by atoms with Gasteiger partial charge in [-0.25, -0.2) is 9.78 Å². The summed E-state index contributed by atoms with van der Waals surface area (Å²) in [7, 11) is 0. The SMILES string of the molecule is O=C(O)c1nc(OCCCO)c2ccccc2n1. The van der Waals surface area contributed by atoms with Crippen molar-refractivity contribution in [1.29, 1.82) is 0 Å². The van der Waals surface area contributed by atoms with Crippen LogP contribution in [0.1, 0.15) is 17.0 Å². The summed E-state index contributed by atoms with van der Waals surface area (Å²) in [5.41, 5.74) is 0.517. The molecule has 2 N–H and O–H groups in total. The van der Waals surface area contributed by atoms with Gasteiger partial charge in [-0.2, -0.15) is 4.98 Å². The van der Waals surface area contributed by atoms with Gasteiger partial charge in [0.2, 0.25) is 11.7 Å². The lowest BCUT2D eigenvalue weighted by Crippen LogP contribution is -2.08. The molecule has 0 spiro atoms. The molecule has 94 valence electrons. The Labute approximate surface area is 103 Å². The first-order valence-corrected chi connectivity index (χ1v) is 5.46. The molecule has 1 heterocycles. The maximum atomic E-state index is 10.9. The smallest absolute Gasteiger partial charge is 0.374 e. The number of para-hydroxylation sites is 1. The summed E-state index contributed by atoms with van der Waals surface area (Å²) in [6.45, 7) is 0.283. The average Bonchev–Trinajstić information content (AvgIpc) is 2.38. The van der Waals surface area contributed by atoms with Crippen molar-refractivity contribution in [2.24, 2.45) is 0 Å². The van der Waals surface area contributed by atoms with E-state index in [0.29, 0.717) is 17.3 Å². The molecule has 0 bridgehead atoms. The fourth-order valence-electron chi connectivity index (χ4n) is 1.49. The lowest BCUT2D eigenvalue weighted by molar-refractivity contribution is 0.0682. The third kappa shape index (κ3) is 2.54. The van der Waals surface area contributed by atoms with E-state index >= 15 is 0 Å². The number of rotatable bonds is 5.